The Bertz CT molecular complexity index is 1220. The fourth-order valence-electron chi connectivity index (χ4n) is 5.66. The molecule has 0 spiro atoms. The highest BCUT2D eigenvalue weighted by molar-refractivity contribution is 5.70. The average molecular weight is 801 g/mol. The second-order valence-electron chi connectivity index (χ2n) is 14.5. The van der Waals surface area contributed by atoms with Crippen molar-refractivity contribution in [3.63, 3.8) is 0 Å². The maximum atomic E-state index is 12.7. The van der Waals surface area contributed by atoms with Crippen molar-refractivity contribution in [2.24, 2.45) is 0 Å². The van der Waals surface area contributed by atoms with Crippen molar-refractivity contribution in [1.82, 2.24) is 0 Å². The highest BCUT2D eigenvalue weighted by atomic mass is 16.6. The minimum Gasteiger partial charge on any atom is -0.462 e. The molecule has 0 fully saturated rings. The van der Waals surface area contributed by atoms with E-state index < -0.39 is 6.10 Å². The van der Waals surface area contributed by atoms with E-state index in [1.165, 1.54) is 38.5 Å². The molecule has 0 aromatic heterocycles. The minimum atomic E-state index is -0.599. The number of hydrogen-bond donors (Lipinski definition) is 0. The molecule has 0 saturated heterocycles. The van der Waals surface area contributed by atoms with Crippen LogP contribution >= 0.6 is 0 Å². The smallest absolute Gasteiger partial charge is 0.306 e. The molecule has 1 atom stereocenters. The van der Waals surface area contributed by atoms with Gasteiger partial charge in [0.05, 0.1) is 6.61 Å². The van der Waals surface area contributed by atoms with E-state index in [1.54, 1.807) is 0 Å². The Morgan fingerprint density at radius 3 is 1.24 bits per heavy atom. The van der Waals surface area contributed by atoms with Gasteiger partial charge in [-0.3, -0.25) is 9.59 Å². The van der Waals surface area contributed by atoms with E-state index in [0.717, 1.165) is 96.3 Å². The van der Waals surface area contributed by atoms with Crippen LogP contribution < -0.4 is 0 Å². The van der Waals surface area contributed by atoms with Crippen LogP contribution in [0.5, 0.6) is 0 Å². The van der Waals surface area contributed by atoms with Crippen LogP contribution in [-0.2, 0) is 23.8 Å². The number of carbonyl (C=O) groups is 2. The Kier molecular flexibility index (Phi) is 44.6. The fourth-order valence-corrected chi connectivity index (χ4v) is 5.66. The maximum absolute atomic E-state index is 12.7. The number of carbonyl (C=O) groups excluding carboxylic acids is 2. The lowest BCUT2D eigenvalue weighted by Crippen LogP contribution is -2.30. The first-order valence-corrected chi connectivity index (χ1v) is 23.1. The van der Waals surface area contributed by atoms with E-state index in [4.69, 9.17) is 14.2 Å². The summed E-state index contributed by atoms with van der Waals surface area (Å²) in [4.78, 5) is 25.2. The van der Waals surface area contributed by atoms with Gasteiger partial charge >= 0.3 is 11.9 Å². The Labute approximate surface area is 356 Å². The third kappa shape index (κ3) is 45.0. The van der Waals surface area contributed by atoms with Crippen molar-refractivity contribution in [2.75, 3.05) is 19.8 Å². The highest BCUT2D eigenvalue weighted by Gasteiger charge is 2.17. The largest absolute Gasteiger partial charge is 0.462 e. The van der Waals surface area contributed by atoms with E-state index in [0.29, 0.717) is 25.9 Å². The van der Waals surface area contributed by atoms with Gasteiger partial charge < -0.3 is 14.2 Å². The van der Waals surface area contributed by atoms with Gasteiger partial charge in [0, 0.05) is 19.4 Å². The second kappa shape index (κ2) is 47.7. The summed E-state index contributed by atoms with van der Waals surface area (Å²) in [5.41, 5.74) is 0. The lowest BCUT2D eigenvalue weighted by molar-refractivity contribution is -0.162. The normalized spacial score (nSPS) is 13.4. The van der Waals surface area contributed by atoms with E-state index >= 15 is 0 Å². The van der Waals surface area contributed by atoms with Crippen molar-refractivity contribution in [3.05, 3.63) is 122 Å². The van der Waals surface area contributed by atoms with E-state index in [2.05, 4.69) is 136 Å². The zero-order valence-electron chi connectivity index (χ0n) is 37.3. The van der Waals surface area contributed by atoms with Gasteiger partial charge in [0.2, 0.25) is 0 Å². The minimum absolute atomic E-state index is 0.0175. The first kappa shape index (κ1) is 54.3. The quantitative estimate of drug-likeness (QED) is 0.0351. The Morgan fingerprint density at radius 2 is 0.793 bits per heavy atom. The van der Waals surface area contributed by atoms with Crippen molar-refractivity contribution in [3.8, 4) is 0 Å². The third-order valence-electron chi connectivity index (χ3n) is 9.01. The molecule has 0 aliphatic carbocycles. The molecule has 1 unspecified atom stereocenters. The number of ether oxygens (including phenoxy) is 3. The van der Waals surface area contributed by atoms with Crippen LogP contribution in [0.25, 0.3) is 0 Å². The number of allylic oxidation sites excluding steroid dienone is 20. The molecule has 58 heavy (non-hydrogen) atoms. The molecular formula is C53H84O5. The topological polar surface area (TPSA) is 61.8 Å². The average Bonchev–Trinajstić information content (AvgIpc) is 3.22. The molecule has 0 aromatic carbocycles. The molecule has 0 aliphatic heterocycles. The molecule has 0 rings (SSSR count). The Hall–Kier alpha value is -3.70. The zero-order chi connectivity index (χ0) is 42.1. The summed E-state index contributed by atoms with van der Waals surface area (Å²) in [7, 11) is 0. The molecule has 5 heteroatoms. The molecule has 0 amide bonds. The number of rotatable bonds is 40. The summed E-state index contributed by atoms with van der Waals surface area (Å²) < 4.78 is 17.1. The highest BCUT2D eigenvalue weighted by Crippen LogP contribution is 2.12. The predicted molar refractivity (Wildman–Crippen MR) is 251 cm³/mol. The monoisotopic (exact) mass is 801 g/mol. The van der Waals surface area contributed by atoms with Crippen LogP contribution in [0.3, 0.4) is 0 Å². The summed E-state index contributed by atoms with van der Waals surface area (Å²) in [6.45, 7) is 7.33. The van der Waals surface area contributed by atoms with Crippen molar-refractivity contribution < 1.29 is 23.8 Å². The third-order valence-corrected chi connectivity index (χ3v) is 9.01. The second-order valence-corrected chi connectivity index (χ2v) is 14.5. The molecule has 0 bridgehead atoms. The molecule has 326 valence electrons. The van der Waals surface area contributed by atoms with Crippen molar-refractivity contribution >= 4 is 11.9 Å². The SMILES string of the molecule is CC/C=C\C/C=C\C/C=C\C/C=C\C/C=C\C/C=C\CCCOCC(COC(=O)CC/C=C\C/C=C\C/C=C\C/C=C\CC)OC(=O)CCCCCCCCCCC. The molecular weight excluding hydrogens is 717 g/mol. The van der Waals surface area contributed by atoms with Crippen LogP contribution in [0.4, 0.5) is 0 Å². The molecule has 0 saturated carbocycles. The van der Waals surface area contributed by atoms with Crippen LogP contribution in [0.1, 0.15) is 175 Å². The molecule has 5 nitrogen and oxygen atoms in total. The number of unbranched alkanes of at least 4 members (excludes halogenated alkanes) is 9. The summed E-state index contributed by atoms with van der Waals surface area (Å²) in [5, 5.41) is 0. The Morgan fingerprint density at radius 1 is 0.397 bits per heavy atom. The van der Waals surface area contributed by atoms with Gasteiger partial charge in [-0.1, -0.05) is 194 Å². The molecule has 0 radical (unpaired) electrons. The molecule has 0 aromatic rings. The van der Waals surface area contributed by atoms with Gasteiger partial charge in [0.15, 0.2) is 6.10 Å². The van der Waals surface area contributed by atoms with Gasteiger partial charge in [-0.05, 0) is 89.9 Å². The van der Waals surface area contributed by atoms with Crippen LogP contribution in [0.2, 0.25) is 0 Å². The summed E-state index contributed by atoms with van der Waals surface area (Å²) in [6, 6.07) is 0. The summed E-state index contributed by atoms with van der Waals surface area (Å²) in [5.74, 6) is -0.537. The van der Waals surface area contributed by atoms with Gasteiger partial charge in [-0.15, -0.1) is 0 Å². The van der Waals surface area contributed by atoms with E-state index in [9.17, 15) is 9.59 Å². The van der Waals surface area contributed by atoms with Crippen LogP contribution in [0.15, 0.2) is 122 Å². The maximum Gasteiger partial charge on any atom is 0.306 e. The Balaban J connectivity index is 4.43. The molecule has 0 heterocycles. The van der Waals surface area contributed by atoms with Gasteiger partial charge in [0.25, 0.3) is 0 Å². The van der Waals surface area contributed by atoms with Gasteiger partial charge in [-0.25, -0.2) is 0 Å². The zero-order valence-corrected chi connectivity index (χ0v) is 37.3. The number of esters is 2. The lowest BCUT2D eigenvalue weighted by Gasteiger charge is -2.18. The first-order chi connectivity index (χ1) is 28.6. The van der Waals surface area contributed by atoms with Crippen LogP contribution in [-0.4, -0.2) is 37.9 Å². The van der Waals surface area contributed by atoms with Crippen LogP contribution in [0, 0.1) is 0 Å². The van der Waals surface area contributed by atoms with E-state index in [-0.39, 0.29) is 25.2 Å². The van der Waals surface area contributed by atoms with Gasteiger partial charge in [-0.2, -0.15) is 0 Å². The first-order valence-electron chi connectivity index (χ1n) is 23.1. The molecule has 0 N–H and O–H groups in total. The molecule has 0 aliphatic rings. The lowest BCUT2D eigenvalue weighted by atomic mass is 10.1. The summed E-state index contributed by atoms with van der Waals surface area (Å²) in [6.07, 6.45) is 66.6. The van der Waals surface area contributed by atoms with Gasteiger partial charge in [0.1, 0.15) is 6.61 Å². The predicted octanol–water partition coefficient (Wildman–Crippen LogP) is 15.4. The van der Waals surface area contributed by atoms with Crippen molar-refractivity contribution in [2.45, 2.75) is 181 Å². The fraction of sp³-hybridized carbons (Fsp3) is 0.585. The standard InChI is InChI=1S/C53H84O5/c1-4-7-10-13-16-19-21-23-24-25-26-27-28-29-31-33-36-39-42-45-48-56-49-51(58-53(55)47-44-41-38-34-18-15-12-9-6-3)50-57-52(54)46-43-40-37-35-32-30-22-20-17-14-11-8-5-2/h7-8,10-11,16-17,19-20,23-24,26-27,29-32,36-37,39-40,51H,4-6,9,12-15,18,21-22,25,28,33-35,38,41-50H2,1-3H3/b10-7-,11-8-,19-16-,20-17-,24-23-,27-26-,31-29-,32-30-,39-36-,40-37-. The number of hydrogen-bond acceptors (Lipinski definition) is 5. The van der Waals surface area contributed by atoms with Crippen molar-refractivity contribution in [1.29, 1.82) is 0 Å². The summed E-state index contributed by atoms with van der Waals surface area (Å²) >= 11 is 0. The van der Waals surface area contributed by atoms with E-state index in [1.807, 2.05) is 6.08 Å².